The van der Waals surface area contributed by atoms with E-state index in [-0.39, 0.29) is 24.0 Å². The van der Waals surface area contributed by atoms with Crippen molar-refractivity contribution in [3.63, 3.8) is 0 Å². The van der Waals surface area contributed by atoms with Crippen molar-refractivity contribution in [1.82, 2.24) is 10.2 Å². The average molecular weight is 433 g/mol. The van der Waals surface area contributed by atoms with Crippen LogP contribution >= 0.6 is 24.0 Å². The molecule has 5 heteroatoms. The minimum absolute atomic E-state index is 0. The lowest BCUT2D eigenvalue weighted by molar-refractivity contribution is 0.414. The van der Waals surface area contributed by atoms with Crippen molar-refractivity contribution in [2.75, 3.05) is 34.3 Å². The Morgan fingerprint density at radius 3 is 2.48 bits per heavy atom. The first-order valence-electron chi connectivity index (χ1n) is 8.18. The van der Waals surface area contributed by atoms with Crippen molar-refractivity contribution >= 4 is 29.9 Å². The molecule has 0 saturated carbocycles. The Balaban J connectivity index is 0.00000484. The first kappa shape index (κ1) is 22.0. The number of nitrogens with zero attached hydrogens (tertiary/aromatic N) is 2. The molecule has 1 aromatic rings. The number of ether oxygens (including phenoxy) is 1. The lowest BCUT2D eigenvalue weighted by atomic mass is 9.98. The van der Waals surface area contributed by atoms with Gasteiger partial charge in [-0.2, -0.15) is 0 Å². The summed E-state index contributed by atoms with van der Waals surface area (Å²) in [5.41, 5.74) is 1.34. The van der Waals surface area contributed by atoms with Crippen LogP contribution in [0.5, 0.6) is 5.75 Å². The first-order chi connectivity index (χ1) is 10.6. The molecule has 0 saturated heterocycles. The fourth-order valence-electron chi connectivity index (χ4n) is 2.39. The molecule has 1 rings (SSSR count). The predicted molar refractivity (Wildman–Crippen MR) is 110 cm³/mol. The molecular formula is C18H32IN3O. The van der Waals surface area contributed by atoms with Crippen LogP contribution in [0.3, 0.4) is 0 Å². The highest BCUT2D eigenvalue weighted by molar-refractivity contribution is 14.0. The lowest BCUT2D eigenvalue weighted by Gasteiger charge is -2.22. The number of guanidine groups is 1. The van der Waals surface area contributed by atoms with Crippen LogP contribution in [0, 0.1) is 0 Å². The molecule has 0 amide bonds. The van der Waals surface area contributed by atoms with E-state index in [2.05, 4.69) is 48.2 Å². The molecule has 0 fully saturated rings. The van der Waals surface area contributed by atoms with Crippen molar-refractivity contribution in [3.8, 4) is 5.75 Å². The number of rotatable bonds is 8. The van der Waals surface area contributed by atoms with Crippen LogP contribution < -0.4 is 10.1 Å². The summed E-state index contributed by atoms with van der Waals surface area (Å²) in [5, 5.41) is 3.45. The molecule has 0 aliphatic rings. The van der Waals surface area contributed by atoms with Crippen molar-refractivity contribution < 1.29 is 4.74 Å². The number of halogens is 1. The third-order valence-corrected chi connectivity index (χ3v) is 3.97. The summed E-state index contributed by atoms with van der Waals surface area (Å²) in [7, 11) is 5.64. The summed E-state index contributed by atoms with van der Waals surface area (Å²) in [6, 6.07) is 8.34. The van der Waals surface area contributed by atoms with E-state index in [9.17, 15) is 0 Å². The third kappa shape index (κ3) is 7.90. The van der Waals surface area contributed by atoms with Crippen molar-refractivity contribution in [2.24, 2.45) is 4.99 Å². The van der Waals surface area contributed by atoms with Crippen LogP contribution in [0.2, 0.25) is 0 Å². The lowest BCUT2D eigenvalue weighted by Crippen LogP contribution is -2.40. The van der Waals surface area contributed by atoms with Gasteiger partial charge in [-0.1, -0.05) is 32.4 Å². The van der Waals surface area contributed by atoms with Gasteiger partial charge >= 0.3 is 0 Å². The molecule has 1 aromatic carbocycles. The van der Waals surface area contributed by atoms with E-state index in [1.54, 1.807) is 7.11 Å². The van der Waals surface area contributed by atoms with Gasteiger partial charge < -0.3 is 15.0 Å². The Labute approximate surface area is 158 Å². The largest absolute Gasteiger partial charge is 0.497 e. The van der Waals surface area contributed by atoms with Crippen LogP contribution in [-0.4, -0.2) is 45.2 Å². The van der Waals surface area contributed by atoms with Gasteiger partial charge in [-0.05, 0) is 36.5 Å². The van der Waals surface area contributed by atoms with Gasteiger partial charge in [-0.3, -0.25) is 4.99 Å². The molecule has 0 aromatic heterocycles. The number of hydrogen-bond acceptors (Lipinski definition) is 2. The summed E-state index contributed by atoms with van der Waals surface area (Å²) in [6.07, 6.45) is 3.47. The van der Waals surface area contributed by atoms with Gasteiger partial charge in [-0.25, -0.2) is 0 Å². The zero-order chi connectivity index (χ0) is 16.4. The third-order valence-electron chi connectivity index (χ3n) is 3.97. The molecule has 23 heavy (non-hydrogen) atoms. The van der Waals surface area contributed by atoms with E-state index in [0.717, 1.165) is 31.2 Å². The van der Waals surface area contributed by atoms with Crippen molar-refractivity contribution in [1.29, 1.82) is 0 Å². The summed E-state index contributed by atoms with van der Waals surface area (Å²) < 4.78 is 5.20. The van der Waals surface area contributed by atoms with Crippen molar-refractivity contribution in [3.05, 3.63) is 29.8 Å². The van der Waals surface area contributed by atoms with Crippen LogP contribution in [0.25, 0.3) is 0 Å². The molecular weight excluding hydrogens is 401 g/mol. The Kier molecular flexibility index (Phi) is 11.9. The summed E-state index contributed by atoms with van der Waals surface area (Å²) >= 11 is 0. The van der Waals surface area contributed by atoms with E-state index < -0.39 is 0 Å². The summed E-state index contributed by atoms with van der Waals surface area (Å²) in [6.45, 7) is 6.44. The smallest absolute Gasteiger partial charge is 0.193 e. The fraction of sp³-hybridized carbons (Fsp3) is 0.611. The van der Waals surface area contributed by atoms with Gasteiger partial charge in [0.2, 0.25) is 0 Å². The topological polar surface area (TPSA) is 36.9 Å². The second-order valence-corrected chi connectivity index (χ2v) is 5.71. The number of hydrogen-bond donors (Lipinski definition) is 1. The number of unbranched alkanes of at least 4 members (excludes halogenated alkanes) is 1. The van der Waals surface area contributed by atoms with Crippen molar-refractivity contribution in [2.45, 2.75) is 39.0 Å². The molecule has 0 aliphatic carbocycles. The highest BCUT2D eigenvalue weighted by Crippen LogP contribution is 2.21. The quantitative estimate of drug-likeness (QED) is 0.381. The Morgan fingerprint density at radius 1 is 1.30 bits per heavy atom. The van der Waals surface area contributed by atoms with Crippen LogP contribution in [-0.2, 0) is 0 Å². The molecule has 0 aliphatic heterocycles. The Bertz CT molecular complexity index is 448. The van der Waals surface area contributed by atoms with E-state index in [1.807, 2.05) is 19.2 Å². The second-order valence-electron chi connectivity index (χ2n) is 5.71. The average Bonchev–Trinajstić information content (AvgIpc) is 2.56. The zero-order valence-corrected chi connectivity index (χ0v) is 17.5. The molecule has 1 N–H and O–H groups in total. The van der Waals surface area contributed by atoms with E-state index in [4.69, 9.17) is 4.74 Å². The molecule has 0 heterocycles. The molecule has 1 unspecified atom stereocenters. The number of benzene rings is 1. The van der Waals surface area contributed by atoms with Gasteiger partial charge in [0, 0.05) is 27.2 Å². The first-order valence-corrected chi connectivity index (χ1v) is 8.18. The van der Waals surface area contributed by atoms with Gasteiger partial charge in [0.25, 0.3) is 0 Å². The van der Waals surface area contributed by atoms with Crippen LogP contribution in [0.15, 0.2) is 29.3 Å². The van der Waals surface area contributed by atoms with Crippen LogP contribution in [0.4, 0.5) is 0 Å². The minimum Gasteiger partial charge on any atom is -0.497 e. The Hall–Kier alpha value is -0.980. The predicted octanol–water partition coefficient (Wildman–Crippen LogP) is 4.11. The SMILES string of the molecule is CCCCN(C)C(=NC)NCCC(C)c1ccc(OC)cc1.I. The van der Waals surface area contributed by atoms with E-state index in [1.165, 1.54) is 18.4 Å². The standard InChI is InChI=1S/C18H31N3O.HI/c1-6-7-14-21(4)18(19-3)20-13-12-15(2)16-8-10-17(22-5)11-9-16;/h8-11,15H,6-7,12-14H2,1-5H3,(H,19,20);1H. The Morgan fingerprint density at radius 2 is 1.96 bits per heavy atom. The number of aliphatic imine (C=N–C) groups is 1. The number of methoxy groups -OCH3 is 1. The second kappa shape index (κ2) is 12.4. The van der Waals surface area contributed by atoms with E-state index in [0.29, 0.717) is 5.92 Å². The summed E-state index contributed by atoms with van der Waals surface area (Å²) in [4.78, 5) is 6.54. The monoisotopic (exact) mass is 433 g/mol. The summed E-state index contributed by atoms with van der Waals surface area (Å²) in [5.74, 6) is 2.40. The minimum atomic E-state index is 0. The molecule has 4 nitrogen and oxygen atoms in total. The fourth-order valence-corrected chi connectivity index (χ4v) is 2.39. The van der Waals surface area contributed by atoms with Crippen LogP contribution in [0.1, 0.15) is 44.6 Å². The maximum Gasteiger partial charge on any atom is 0.193 e. The van der Waals surface area contributed by atoms with Gasteiger partial charge in [0.05, 0.1) is 7.11 Å². The molecule has 132 valence electrons. The zero-order valence-electron chi connectivity index (χ0n) is 15.1. The van der Waals surface area contributed by atoms with Gasteiger partial charge in [0.15, 0.2) is 5.96 Å². The maximum atomic E-state index is 5.20. The maximum absolute atomic E-state index is 5.20. The molecule has 1 atom stereocenters. The molecule has 0 bridgehead atoms. The molecule has 0 spiro atoms. The van der Waals surface area contributed by atoms with Gasteiger partial charge in [-0.15, -0.1) is 24.0 Å². The highest BCUT2D eigenvalue weighted by Gasteiger charge is 2.08. The highest BCUT2D eigenvalue weighted by atomic mass is 127. The number of nitrogens with one attached hydrogen (secondary N) is 1. The van der Waals surface area contributed by atoms with E-state index >= 15 is 0 Å². The molecule has 0 radical (unpaired) electrons. The normalized spacial score (nSPS) is 12.3. The van der Waals surface area contributed by atoms with Gasteiger partial charge in [0.1, 0.15) is 5.75 Å².